The van der Waals surface area contributed by atoms with Crippen molar-refractivity contribution in [2.24, 2.45) is 0 Å². The minimum absolute atomic E-state index is 0.0566. The highest BCUT2D eigenvalue weighted by atomic mass is 32.2. The fourth-order valence-electron chi connectivity index (χ4n) is 2.24. The number of sulfone groups is 1. The van der Waals surface area contributed by atoms with Crippen molar-refractivity contribution in [3.05, 3.63) is 89.0 Å². The molecular formula is C18H13NO5S. The van der Waals surface area contributed by atoms with Gasteiger partial charge in [0.2, 0.25) is 9.84 Å². The van der Waals surface area contributed by atoms with Gasteiger partial charge in [-0.2, -0.15) is 0 Å². The van der Waals surface area contributed by atoms with Crippen LogP contribution in [0.4, 0.5) is 5.69 Å². The summed E-state index contributed by atoms with van der Waals surface area (Å²) in [6.07, 6.45) is 0. The number of rotatable bonds is 5. The average Bonchev–Trinajstić information content (AvgIpc) is 2.63. The molecule has 0 unspecified atom stereocenters. The molecule has 0 spiro atoms. The van der Waals surface area contributed by atoms with Gasteiger partial charge in [-0.15, -0.1) is 0 Å². The van der Waals surface area contributed by atoms with Crippen LogP contribution in [-0.4, -0.2) is 13.3 Å². The van der Waals surface area contributed by atoms with E-state index in [1.54, 1.807) is 48.5 Å². The third kappa shape index (κ3) is 3.67. The van der Waals surface area contributed by atoms with Crippen molar-refractivity contribution in [2.45, 2.75) is 9.79 Å². The van der Waals surface area contributed by atoms with Gasteiger partial charge in [0.1, 0.15) is 11.5 Å². The molecule has 126 valence electrons. The van der Waals surface area contributed by atoms with E-state index in [2.05, 4.69) is 0 Å². The summed E-state index contributed by atoms with van der Waals surface area (Å²) in [6.45, 7) is 0. The van der Waals surface area contributed by atoms with Gasteiger partial charge in [0.05, 0.1) is 20.8 Å². The molecule has 0 amide bonds. The molecule has 0 aliphatic carbocycles. The lowest BCUT2D eigenvalue weighted by molar-refractivity contribution is -0.385. The molecule has 7 heteroatoms. The van der Waals surface area contributed by atoms with E-state index in [9.17, 15) is 18.5 Å². The highest BCUT2D eigenvalue weighted by Crippen LogP contribution is 2.31. The number of ether oxygens (including phenoxy) is 1. The second-order valence-corrected chi connectivity index (χ2v) is 7.10. The van der Waals surface area contributed by atoms with Gasteiger partial charge in [0.15, 0.2) is 0 Å². The molecule has 0 N–H and O–H groups in total. The minimum atomic E-state index is -3.89. The maximum Gasteiger partial charge on any atom is 0.274 e. The fourth-order valence-corrected chi connectivity index (χ4v) is 3.57. The Morgan fingerprint density at radius 3 is 1.96 bits per heavy atom. The summed E-state index contributed by atoms with van der Waals surface area (Å²) in [5, 5.41) is 11.2. The van der Waals surface area contributed by atoms with E-state index in [1.165, 1.54) is 24.3 Å². The first-order valence-electron chi connectivity index (χ1n) is 7.29. The quantitative estimate of drug-likeness (QED) is 0.505. The molecule has 0 heterocycles. The fraction of sp³-hybridized carbons (Fsp3) is 0. The van der Waals surface area contributed by atoms with Gasteiger partial charge in [-0.25, -0.2) is 8.42 Å². The van der Waals surface area contributed by atoms with Crippen LogP contribution in [0.5, 0.6) is 11.5 Å². The van der Waals surface area contributed by atoms with Crippen LogP contribution in [0.1, 0.15) is 0 Å². The molecule has 0 bridgehead atoms. The van der Waals surface area contributed by atoms with Crippen LogP contribution in [-0.2, 0) is 9.84 Å². The first kappa shape index (κ1) is 16.7. The smallest absolute Gasteiger partial charge is 0.274 e. The summed E-state index contributed by atoms with van der Waals surface area (Å²) < 4.78 is 31.0. The Hall–Kier alpha value is -3.19. The Labute approximate surface area is 144 Å². The van der Waals surface area contributed by atoms with Gasteiger partial charge in [0, 0.05) is 12.1 Å². The predicted molar refractivity (Wildman–Crippen MR) is 91.5 cm³/mol. The van der Waals surface area contributed by atoms with Crippen LogP contribution in [0.3, 0.4) is 0 Å². The number of para-hydroxylation sites is 1. The van der Waals surface area contributed by atoms with E-state index in [4.69, 9.17) is 4.74 Å². The molecule has 3 aromatic rings. The molecule has 3 rings (SSSR count). The van der Waals surface area contributed by atoms with Crippen molar-refractivity contribution in [3.8, 4) is 11.5 Å². The Bertz CT molecular complexity index is 1000. The van der Waals surface area contributed by atoms with Crippen molar-refractivity contribution in [1.29, 1.82) is 0 Å². The summed E-state index contributed by atoms with van der Waals surface area (Å²) in [5.41, 5.74) is -0.358. The predicted octanol–water partition coefficient (Wildman–Crippen LogP) is 4.22. The molecule has 0 atom stereocenters. The van der Waals surface area contributed by atoms with Gasteiger partial charge in [0.25, 0.3) is 5.69 Å². The molecular weight excluding hydrogens is 342 g/mol. The average molecular weight is 355 g/mol. The topological polar surface area (TPSA) is 86.5 Å². The third-order valence-corrected chi connectivity index (χ3v) is 5.17. The van der Waals surface area contributed by atoms with E-state index in [-0.39, 0.29) is 21.2 Å². The molecule has 25 heavy (non-hydrogen) atoms. The monoisotopic (exact) mass is 355 g/mol. The first-order valence-corrected chi connectivity index (χ1v) is 8.78. The van der Waals surface area contributed by atoms with Crippen molar-refractivity contribution in [3.63, 3.8) is 0 Å². The zero-order valence-electron chi connectivity index (χ0n) is 12.9. The molecule has 0 aromatic heterocycles. The van der Waals surface area contributed by atoms with Gasteiger partial charge in [-0.3, -0.25) is 10.1 Å². The zero-order valence-corrected chi connectivity index (χ0v) is 13.7. The molecule has 3 aromatic carbocycles. The van der Waals surface area contributed by atoms with E-state index in [1.807, 2.05) is 0 Å². The Kier molecular flexibility index (Phi) is 4.49. The second-order valence-electron chi connectivity index (χ2n) is 5.15. The Morgan fingerprint density at radius 2 is 1.36 bits per heavy atom. The Morgan fingerprint density at radius 1 is 0.760 bits per heavy atom. The number of nitrogens with zero attached hydrogens (tertiary/aromatic N) is 1. The number of hydrogen-bond donors (Lipinski definition) is 0. The maximum absolute atomic E-state index is 12.7. The van der Waals surface area contributed by atoms with Crippen molar-refractivity contribution < 1.29 is 18.1 Å². The largest absolute Gasteiger partial charge is 0.457 e. The highest BCUT2D eigenvalue weighted by Gasteiger charge is 2.22. The molecule has 0 saturated carbocycles. The van der Waals surface area contributed by atoms with E-state index in [0.717, 1.165) is 6.07 Å². The molecule has 0 radical (unpaired) electrons. The maximum atomic E-state index is 12.7. The molecule has 6 nitrogen and oxygen atoms in total. The van der Waals surface area contributed by atoms with E-state index < -0.39 is 14.8 Å². The lowest BCUT2D eigenvalue weighted by Gasteiger charge is -2.09. The van der Waals surface area contributed by atoms with Gasteiger partial charge >= 0.3 is 0 Å². The molecule has 0 fully saturated rings. The second kappa shape index (κ2) is 6.74. The number of benzene rings is 3. The molecule has 0 aliphatic rings. The normalized spacial score (nSPS) is 11.0. The lowest BCUT2D eigenvalue weighted by atomic mass is 10.3. The Balaban J connectivity index is 2.09. The van der Waals surface area contributed by atoms with Crippen LogP contribution in [0.15, 0.2) is 88.7 Å². The molecule has 0 saturated heterocycles. The van der Waals surface area contributed by atoms with E-state index in [0.29, 0.717) is 5.75 Å². The summed E-state index contributed by atoms with van der Waals surface area (Å²) in [6, 6.07) is 19.9. The first-order chi connectivity index (χ1) is 12.0. The SMILES string of the molecule is O=[N+]([O-])c1cc(Oc2ccccc2)cc(S(=O)(=O)c2ccccc2)c1. The van der Waals surface area contributed by atoms with Crippen LogP contribution in [0, 0.1) is 10.1 Å². The third-order valence-electron chi connectivity index (χ3n) is 3.42. The summed E-state index contributed by atoms with van der Waals surface area (Å²) >= 11 is 0. The number of nitro groups is 1. The number of non-ortho nitro benzene ring substituents is 1. The van der Waals surface area contributed by atoms with Crippen molar-refractivity contribution >= 4 is 15.5 Å². The highest BCUT2D eigenvalue weighted by molar-refractivity contribution is 7.91. The molecule has 0 aliphatic heterocycles. The number of nitro benzene ring substituents is 1. The standard InChI is InChI=1S/C18H13NO5S/c20-19(21)14-11-16(24-15-7-3-1-4-8-15)13-18(12-14)25(22,23)17-9-5-2-6-10-17/h1-13H. The van der Waals surface area contributed by atoms with Crippen LogP contribution >= 0.6 is 0 Å². The van der Waals surface area contributed by atoms with Crippen LogP contribution in [0.2, 0.25) is 0 Å². The van der Waals surface area contributed by atoms with Gasteiger partial charge in [-0.1, -0.05) is 36.4 Å². The summed E-state index contributed by atoms with van der Waals surface area (Å²) in [4.78, 5) is 10.4. The van der Waals surface area contributed by atoms with Crippen LogP contribution in [0.25, 0.3) is 0 Å². The van der Waals surface area contributed by atoms with Gasteiger partial charge in [-0.05, 0) is 24.3 Å². The van der Waals surface area contributed by atoms with Gasteiger partial charge < -0.3 is 4.74 Å². The minimum Gasteiger partial charge on any atom is -0.457 e. The summed E-state index contributed by atoms with van der Waals surface area (Å²) in [5.74, 6) is 0.529. The van der Waals surface area contributed by atoms with Crippen molar-refractivity contribution in [1.82, 2.24) is 0 Å². The van der Waals surface area contributed by atoms with Crippen LogP contribution < -0.4 is 4.74 Å². The number of hydrogen-bond acceptors (Lipinski definition) is 5. The zero-order chi connectivity index (χ0) is 17.9. The lowest BCUT2D eigenvalue weighted by Crippen LogP contribution is -2.03. The van der Waals surface area contributed by atoms with Crippen molar-refractivity contribution in [2.75, 3.05) is 0 Å². The van der Waals surface area contributed by atoms with E-state index >= 15 is 0 Å². The summed E-state index contributed by atoms with van der Waals surface area (Å²) in [7, 11) is -3.89.